The van der Waals surface area contributed by atoms with Crippen LogP contribution < -0.4 is 5.73 Å². The molecule has 2 N–H and O–H groups in total. The number of nitrogens with zero attached hydrogens (tertiary/aromatic N) is 2. The molecule has 1 aliphatic rings. The van der Waals surface area contributed by atoms with E-state index in [1.54, 1.807) is 6.20 Å². The van der Waals surface area contributed by atoms with E-state index in [0.29, 0.717) is 5.92 Å². The Bertz CT molecular complexity index is 308. The Morgan fingerprint density at radius 2 is 2.31 bits per heavy atom. The maximum atomic E-state index is 6.12. The molecule has 1 aromatic heterocycles. The highest BCUT2D eigenvalue weighted by molar-refractivity contribution is 6.31. The zero-order valence-electron chi connectivity index (χ0n) is 7.92. The Balaban J connectivity index is 2.34. The highest BCUT2D eigenvalue weighted by Gasteiger charge is 2.45. The normalized spacial score (nSPS) is 21.5. The van der Waals surface area contributed by atoms with E-state index >= 15 is 0 Å². The van der Waals surface area contributed by atoms with Crippen LogP contribution in [0, 0.1) is 0 Å². The van der Waals surface area contributed by atoms with Gasteiger partial charge in [-0.1, -0.05) is 18.5 Å². The van der Waals surface area contributed by atoms with Gasteiger partial charge in [0.2, 0.25) is 0 Å². The van der Waals surface area contributed by atoms with Crippen LogP contribution >= 0.6 is 11.6 Å². The smallest absolute Gasteiger partial charge is 0.0821 e. The lowest BCUT2D eigenvalue weighted by Crippen LogP contribution is -2.30. The third-order valence-corrected chi connectivity index (χ3v) is 3.33. The third kappa shape index (κ3) is 1.36. The summed E-state index contributed by atoms with van der Waals surface area (Å²) in [5.41, 5.74) is 7.15. The molecule has 0 spiro atoms. The van der Waals surface area contributed by atoms with E-state index in [9.17, 15) is 0 Å². The van der Waals surface area contributed by atoms with E-state index in [0.717, 1.165) is 23.6 Å². The van der Waals surface area contributed by atoms with Crippen LogP contribution in [-0.2, 0) is 7.05 Å². The molecular formula is C9H14ClN3. The van der Waals surface area contributed by atoms with Crippen molar-refractivity contribution >= 4 is 11.6 Å². The van der Waals surface area contributed by atoms with E-state index in [1.165, 1.54) is 0 Å². The molecule has 1 heterocycles. The molecule has 1 fully saturated rings. The predicted molar refractivity (Wildman–Crippen MR) is 52.8 cm³/mol. The topological polar surface area (TPSA) is 43.8 Å². The van der Waals surface area contributed by atoms with Crippen molar-refractivity contribution in [1.29, 1.82) is 0 Å². The van der Waals surface area contributed by atoms with Gasteiger partial charge in [-0.05, 0) is 12.8 Å². The minimum atomic E-state index is -0.0303. The quantitative estimate of drug-likeness (QED) is 0.788. The summed E-state index contributed by atoms with van der Waals surface area (Å²) in [4.78, 5) is 0. The van der Waals surface area contributed by atoms with Gasteiger partial charge in [0.15, 0.2) is 0 Å². The summed E-state index contributed by atoms with van der Waals surface area (Å²) >= 11 is 6.03. The molecule has 72 valence electrons. The number of aryl methyl sites for hydroxylation is 1. The molecule has 0 saturated heterocycles. The van der Waals surface area contributed by atoms with Gasteiger partial charge in [0, 0.05) is 18.5 Å². The molecule has 1 atom stereocenters. The molecule has 0 aromatic carbocycles. The van der Waals surface area contributed by atoms with Gasteiger partial charge < -0.3 is 5.73 Å². The summed E-state index contributed by atoms with van der Waals surface area (Å²) in [6.45, 7) is 2.12. The molecule has 1 aliphatic carbocycles. The summed E-state index contributed by atoms with van der Waals surface area (Å²) < 4.78 is 1.82. The first-order valence-electron chi connectivity index (χ1n) is 4.51. The monoisotopic (exact) mass is 199 g/mol. The van der Waals surface area contributed by atoms with Crippen molar-refractivity contribution in [2.45, 2.75) is 31.2 Å². The third-order valence-electron chi connectivity index (χ3n) is 3.04. The molecule has 1 aromatic rings. The summed E-state index contributed by atoms with van der Waals surface area (Å²) in [6, 6.07) is 0. The molecule has 1 unspecified atom stereocenters. The van der Waals surface area contributed by atoms with Crippen LogP contribution in [0.15, 0.2) is 6.20 Å². The van der Waals surface area contributed by atoms with Gasteiger partial charge in [-0.3, -0.25) is 4.68 Å². The lowest BCUT2D eigenvalue weighted by atomic mass is 9.97. The Morgan fingerprint density at radius 3 is 2.69 bits per heavy atom. The van der Waals surface area contributed by atoms with E-state index < -0.39 is 0 Å². The maximum Gasteiger partial charge on any atom is 0.0821 e. The van der Waals surface area contributed by atoms with E-state index in [4.69, 9.17) is 17.3 Å². The highest BCUT2D eigenvalue weighted by atomic mass is 35.5. The Morgan fingerprint density at radius 1 is 1.69 bits per heavy atom. The highest BCUT2D eigenvalue weighted by Crippen LogP contribution is 2.45. The standard InChI is InChI=1S/C9H14ClN3/c1-6(9(11)3-4-9)8-7(10)5-12-13(8)2/h5-6H,3-4,11H2,1-2H3. The molecule has 0 aliphatic heterocycles. The molecule has 4 heteroatoms. The average Bonchev–Trinajstić information content (AvgIpc) is 2.73. The van der Waals surface area contributed by atoms with Crippen molar-refractivity contribution < 1.29 is 0 Å². The SMILES string of the molecule is CC(c1c(Cl)cnn1C)C1(N)CC1. The molecule has 0 amide bonds. The average molecular weight is 200 g/mol. The van der Waals surface area contributed by atoms with Crippen LogP contribution in [0.2, 0.25) is 5.02 Å². The maximum absolute atomic E-state index is 6.12. The van der Waals surface area contributed by atoms with Crippen molar-refractivity contribution in [3.63, 3.8) is 0 Å². The second-order valence-corrected chi connectivity index (χ2v) is 4.36. The fourth-order valence-electron chi connectivity index (χ4n) is 1.76. The Kier molecular flexibility index (Phi) is 1.89. The van der Waals surface area contributed by atoms with Crippen LogP contribution in [0.3, 0.4) is 0 Å². The number of rotatable bonds is 2. The van der Waals surface area contributed by atoms with Gasteiger partial charge in [-0.15, -0.1) is 0 Å². The van der Waals surface area contributed by atoms with E-state index in [-0.39, 0.29) is 5.54 Å². The molecule has 1 saturated carbocycles. The molecule has 0 radical (unpaired) electrons. The number of nitrogens with two attached hydrogens (primary N) is 1. The van der Waals surface area contributed by atoms with Gasteiger partial charge in [0.1, 0.15) is 0 Å². The van der Waals surface area contributed by atoms with Crippen molar-refractivity contribution in [2.24, 2.45) is 12.8 Å². The van der Waals surface area contributed by atoms with Gasteiger partial charge in [0.25, 0.3) is 0 Å². The minimum absolute atomic E-state index is 0.0303. The minimum Gasteiger partial charge on any atom is -0.325 e. The first-order chi connectivity index (χ1) is 6.04. The lowest BCUT2D eigenvalue weighted by molar-refractivity contribution is 0.517. The van der Waals surface area contributed by atoms with Crippen molar-refractivity contribution in [1.82, 2.24) is 9.78 Å². The van der Waals surface area contributed by atoms with Crippen LogP contribution in [0.5, 0.6) is 0 Å². The lowest BCUT2D eigenvalue weighted by Gasteiger charge is -2.19. The van der Waals surface area contributed by atoms with Crippen molar-refractivity contribution in [2.75, 3.05) is 0 Å². The molecular weight excluding hydrogens is 186 g/mol. The van der Waals surface area contributed by atoms with Gasteiger partial charge in [-0.2, -0.15) is 5.10 Å². The first-order valence-corrected chi connectivity index (χ1v) is 4.89. The summed E-state index contributed by atoms with van der Waals surface area (Å²) in [5, 5.41) is 4.84. The van der Waals surface area contributed by atoms with E-state index in [1.807, 2.05) is 11.7 Å². The predicted octanol–water partition coefficient (Wildman–Crippen LogP) is 1.67. The number of halogens is 1. The second-order valence-electron chi connectivity index (χ2n) is 3.96. The van der Waals surface area contributed by atoms with Gasteiger partial charge >= 0.3 is 0 Å². The zero-order valence-corrected chi connectivity index (χ0v) is 8.67. The summed E-state index contributed by atoms with van der Waals surface area (Å²) in [5.74, 6) is 0.299. The number of aromatic nitrogens is 2. The molecule has 2 rings (SSSR count). The molecule has 13 heavy (non-hydrogen) atoms. The second kappa shape index (κ2) is 2.72. The largest absolute Gasteiger partial charge is 0.325 e. The Labute approximate surface area is 82.9 Å². The van der Waals surface area contributed by atoms with Crippen molar-refractivity contribution in [3.05, 3.63) is 16.9 Å². The van der Waals surface area contributed by atoms with Crippen LogP contribution in [0.1, 0.15) is 31.4 Å². The fraction of sp³-hybridized carbons (Fsp3) is 0.667. The van der Waals surface area contributed by atoms with Gasteiger partial charge in [0.05, 0.1) is 16.9 Å². The molecule has 0 bridgehead atoms. The van der Waals surface area contributed by atoms with Crippen LogP contribution in [-0.4, -0.2) is 15.3 Å². The zero-order chi connectivity index (χ0) is 9.64. The number of hydrogen-bond donors (Lipinski definition) is 1. The number of hydrogen-bond acceptors (Lipinski definition) is 2. The first kappa shape index (κ1) is 9.03. The van der Waals surface area contributed by atoms with Gasteiger partial charge in [-0.25, -0.2) is 0 Å². The molecule has 3 nitrogen and oxygen atoms in total. The fourth-order valence-corrected chi connectivity index (χ4v) is 2.09. The van der Waals surface area contributed by atoms with Crippen molar-refractivity contribution in [3.8, 4) is 0 Å². The Hall–Kier alpha value is -0.540. The van der Waals surface area contributed by atoms with Crippen LogP contribution in [0.4, 0.5) is 0 Å². The van der Waals surface area contributed by atoms with Crippen LogP contribution in [0.25, 0.3) is 0 Å². The summed E-state index contributed by atoms with van der Waals surface area (Å²) in [6.07, 6.45) is 3.87. The summed E-state index contributed by atoms with van der Waals surface area (Å²) in [7, 11) is 1.91. The van der Waals surface area contributed by atoms with E-state index in [2.05, 4.69) is 12.0 Å².